The van der Waals surface area contributed by atoms with E-state index in [1.54, 1.807) is 6.08 Å². The Morgan fingerprint density at radius 3 is 2.37 bits per heavy atom. The molecule has 6 heteroatoms. The quantitative estimate of drug-likeness (QED) is 0.397. The zero-order valence-corrected chi connectivity index (χ0v) is 17.3. The van der Waals surface area contributed by atoms with Crippen LogP contribution in [0, 0.1) is 37.0 Å². The molecule has 0 atom stereocenters. The van der Waals surface area contributed by atoms with E-state index in [-0.39, 0.29) is 23.9 Å². The van der Waals surface area contributed by atoms with Crippen LogP contribution in [-0.2, 0) is 16.1 Å². The molecular formula is C21H32N4O2. The SMILES string of the molecule is Cc1cc(/C=C(/C#N)C(=O)NCCNC(=O)C(C)C)c(C)n1CCC(C)C. The summed E-state index contributed by atoms with van der Waals surface area (Å²) < 4.78 is 2.22. The molecular weight excluding hydrogens is 340 g/mol. The van der Waals surface area contributed by atoms with Gasteiger partial charge in [0.25, 0.3) is 5.91 Å². The number of nitriles is 1. The molecule has 27 heavy (non-hydrogen) atoms. The first-order valence-electron chi connectivity index (χ1n) is 9.51. The lowest BCUT2D eigenvalue weighted by molar-refractivity contribution is -0.124. The van der Waals surface area contributed by atoms with Gasteiger partial charge in [-0.15, -0.1) is 0 Å². The molecule has 1 heterocycles. The minimum Gasteiger partial charge on any atom is -0.354 e. The molecule has 2 amide bonds. The number of carbonyl (C=O) groups is 2. The van der Waals surface area contributed by atoms with Crippen molar-refractivity contribution >= 4 is 17.9 Å². The van der Waals surface area contributed by atoms with E-state index in [0.29, 0.717) is 12.5 Å². The molecule has 148 valence electrons. The van der Waals surface area contributed by atoms with Gasteiger partial charge in [0.1, 0.15) is 11.6 Å². The van der Waals surface area contributed by atoms with Gasteiger partial charge in [0, 0.05) is 36.9 Å². The standard InChI is InChI=1S/C21H32N4O2/c1-14(2)7-10-25-16(5)11-18(17(25)6)12-19(13-22)21(27)24-9-8-23-20(26)15(3)4/h11-12,14-15H,7-10H2,1-6H3,(H,23,26)(H,24,27)/b19-12-. The van der Waals surface area contributed by atoms with Crippen LogP contribution in [0.3, 0.4) is 0 Å². The molecule has 2 N–H and O–H groups in total. The Balaban J connectivity index is 2.76. The highest BCUT2D eigenvalue weighted by Gasteiger charge is 2.13. The zero-order valence-electron chi connectivity index (χ0n) is 17.3. The first-order valence-corrected chi connectivity index (χ1v) is 9.51. The van der Waals surface area contributed by atoms with Crippen molar-refractivity contribution in [3.8, 4) is 6.07 Å². The van der Waals surface area contributed by atoms with Crippen molar-refractivity contribution in [2.24, 2.45) is 11.8 Å². The molecule has 0 saturated carbocycles. The fraction of sp³-hybridized carbons (Fsp3) is 0.571. The van der Waals surface area contributed by atoms with Gasteiger partial charge in [-0.1, -0.05) is 27.7 Å². The molecule has 1 aromatic rings. The van der Waals surface area contributed by atoms with Gasteiger partial charge in [0.15, 0.2) is 0 Å². The van der Waals surface area contributed by atoms with E-state index in [0.717, 1.165) is 29.9 Å². The minimum atomic E-state index is -0.428. The normalized spacial score (nSPS) is 11.6. The van der Waals surface area contributed by atoms with Gasteiger partial charge in [-0.25, -0.2) is 0 Å². The Morgan fingerprint density at radius 2 is 1.81 bits per heavy atom. The third-order valence-corrected chi connectivity index (χ3v) is 4.44. The van der Waals surface area contributed by atoms with E-state index in [2.05, 4.69) is 29.0 Å². The van der Waals surface area contributed by atoms with Gasteiger partial charge < -0.3 is 15.2 Å². The maximum atomic E-state index is 12.3. The first-order chi connectivity index (χ1) is 12.7. The predicted molar refractivity (Wildman–Crippen MR) is 108 cm³/mol. The molecule has 0 aliphatic rings. The third-order valence-electron chi connectivity index (χ3n) is 4.44. The maximum Gasteiger partial charge on any atom is 0.262 e. The number of nitrogens with one attached hydrogen (secondary N) is 2. The number of carbonyl (C=O) groups excluding carboxylic acids is 2. The van der Waals surface area contributed by atoms with Crippen LogP contribution in [0.15, 0.2) is 11.6 Å². The van der Waals surface area contributed by atoms with Crippen LogP contribution in [0.5, 0.6) is 0 Å². The molecule has 6 nitrogen and oxygen atoms in total. The molecule has 0 fully saturated rings. The molecule has 0 unspecified atom stereocenters. The van der Waals surface area contributed by atoms with Crippen LogP contribution in [0.25, 0.3) is 6.08 Å². The molecule has 0 spiro atoms. The second-order valence-corrected chi connectivity index (χ2v) is 7.53. The van der Waals surface area contributed by atoms with Crippen LogP contribution in [0.2, 0.25) is 0 Å². The monoisotopic (exact) mass is 372 g/mol. The Bertz CT molecular complexity index is 736. The topological polar surface area (TPSA) is 86.9 Å². The Hall–Kier alpha value is -2.55. The molecule has 1 rings (SSSR count). The number of hydrogen-bond donors (Lipinski definition) is 2. The molecule has 1 aromatic heterocycles. The zero-order chi connectivity index (χ0) is 20.6. The maximum absolute atomic E-state index is 12.3. The largest absolute Gasteiger partial charge is 0.354 e. The summed E-state index contributed by atoms with van der Waals surface area (Å²) in [7, 11) is 0. The van der Waals surface area contributed by atoms with E-state index < -0.39 is 5.91 Å². The summed E-state index contributed by atoms with van der Waals surface area (Å²) in [6.45, 7) is 13.6. The van der Waals surface area contributed by atoms with E-state index in [4.69, 9.17) is 0 Å². The van der Waals surface area contributed by atoms with Crippen LogP contribution >= 0.6 is 0 Å². The first kappa shape index (κ1) is 22.5. The molecule has 0 aliphatic carbocycles. The summed E-state index contributed by atoms with van der Waals surface area (Å²) in [5, 5.41) is 14.8. The highest BCUT2D eigenvalue weighted by Crippen LogP contribution is 2.19. The van der Waals surface area contributed by atoms with Crippen molar-refractivity contribution in [2.45, 2.75) is 54.5 Å². The fourth-order valence-corrected chi connectivity index (χ4v) is 2.67. The van der Waals surface area contributed by atoms with Crippen molar-refractivity contribution in [1.82, 2.24) is 15.2 Å². The summed E-state index contributed by atoms with van der Waals surface area (Å²) in [5.74, 6) is 0.0282. The van der Waals surface area contributed by atoms with Crippen LogP contribution < -0.4 is 10.6 Å². The van der Waals surface area contributed by atoms with Crippen molar-refractivity contribution in [2.75, 3.05) is 13.1 Å². The third kappa shape index (κ3) is 6.93. The number of hydrogen-bond acceptors (Lipinski definition) is 3. The summed E-state index contributed by atoms with van der Waals surface area (Å²) in [4.78, 5) is 23.7. The number of rotatable bonds is 9. The van der Waals surface area contributed by atoms with Gasteiger partial charge in [-0.2, -0.15) is 5.26 Å². The summed E-state index contributed by atoms with van der Waals surface area (Å²) in [5.41, 5.74) is 3.12. The Kier molecular flexibility index (Phi) is 8.80. The minimum absolute atomic E-state index is 0.0610. The highest BCUT2D eigenvalue weighted by molar-refractivity contribution is 6.01. The van der Waals surface area contributed by atoms with Gasteiger partial charge in [-0.05, 0) is 43.9 Å². The molecule has 0 saturated heterocycles. The average molecular weight is 373 g/mol. The molecule has 0 bridgehead atoms. The van der Waals surface area contributed by atoms with Crippen molar-refractivity contribution in [1.29, 1.82) is 5.26 Å². The fourth-order valence-electron chi connectivity index (χ4n) is 2.67. The van der Waals surface area contributed by atoms with E-state index in [1.807, 2.05) is 39.8 Å². The van der Waals surface area contributed by atoms with Crippen LogP contribution in [0.4, 0.5) is 0 Å². The van der Waals surface area contributed by atoms with Gasteiger partial charge in [-0.3, -0.25) is 9.59 Å². The lowest BCUT2D eigenvalue weighted by Gasteiger charge is -2.11. The molecule has 0 radical (unpaired) electrons. The number of aryl methyl sites for hydroxylation is 1. The molecule has 0 aromatic carbocycles. The van der Waals surface area contributed by atoms with Crippen molar-refractivity contribution in [3.05, 3.63) is 28.6 Å². The van der Waals surface area contributed by atoms with E-state index in [9.17, 15) is 14.9 Å². The lowest BCUT2D eigenvalue weighted by atomic mass is 10.1. The predicted octanol–water partition coefficient (Wildman–Crippen LogP) is 2.95. The van der Waals surface area contributed by atoms with E-state index >= 15 is 0 Å². The molecule has 0 aliphatic heterocycles. The van der Waals surface area contributed by atoms with Gasteiger partial charge in [0.2, 0.25) is 5.91 Å². The number of amides is 2. The van der Waals surface area contributed by atoms with Gasteiger partial charge >= 0.3 is 0 Å². The highest BCUT2D eigenvalue weighted by atomic mass is 16.2. The summed E-state index contributed by atoms with van der Waals surface area (Å²) in [6.07, 6.45) is 2.71. The Morgan fingerprint density at radius 1 is 1.19 bits per heavy atom. The number of aromatic nitrogens is 1. The second-order valence-electron chi connectivity index (χ2n) is 7.53. The summed E-state index contributed by atoms with van der Waals surface area (Å²) in [6, 6.07) is 3.98. The van der Waals surface area contributed by atoms with Crippen LogP contribution in [-0.4, -0.2) is 29.5 Å². The second kappa shape index (κ2) is 10.6. The smallest absolute Gasteiger partial charge is 0.262 e. The van der Waals surface area contributed by atoms with E-state index in [1.165, 1.54) is 0 Å². The van der Waals surface area contributed by atoms with Gasteiger partial charge in [0.05, 0.1) is 0 Å². The van der Waals surface area contributed by atoms with Crippen molar-refractivity contribution < 1.29 is 9.59 Å². The summed E-state index contributed by atoms with van der Waals surface area (Å²) >= 11 is 0. The number of nitrogens with zero attached hydrogens (tertiary/aromatic N) is 2. The van der Waals surface area contributed by atoms with Crippen molar-refractivity contribution in [3.63, 3.8) is 0 Å². The van der Waals surface area contributed by atoms with Crippen LogP contribution in [0.1, 0.15) is 51.1 Å². The lowest BCUT2D eigenvalue weighted by Crippen LogP contribution is -2.36. The Labute approximate surface area is 162 Å². The average Bonchev–Trinajstić information content (AvgIpc) is 2.87.